The van der Waals surface area contributed by atoms with E-state index in [1.807, 2.05) is 22.7 Å². The van der Waals surface area contributed by atoms with Crippen LogP contribution in [0, 0.1) is 0 Å². The van der Waals surface area contributed by atoms with Crippen molar-refractivity contribution in [2.24, 2.45) is 4.99 Å². The highest BCUT2D eigenvalue weighted by atomic mass is 16.5. The number of hydrogen-bond donors (Lipinski definition) is 0. The third-order valence-electron chi connectivity index (χ3n) is 6.21. The lowest BCUT2D eigenvalue weighted by atomic mass is 9.98. The predicted molar refractivity (Wildman–Crippen MR) is 124 cm³/mol. The Balaban J connectivity index is 1.39. The summed E-state index contributed by atoms with van der Waals surface area (Å²) in [6.45, 7) is 3.91. The number of nitrogens with zero attached hydrogens (tertiary/aromatic N) is 6. The number of ether oxygens (including phenoxy) is 1. The number of aliphatic imine (C=N–C) groups is 1. The summed E-state index contributed by atoms with van der Waals surface area (Å²) < 4.78 is 7.56. The van der Waals surface area contributed by atoms with Gasteiger partial charge in [0, 0.05) is 61.4 Å². The third-order valence-corrected chi connectivity index (χ3v) is 6.21. The average Bonchev–Trinajstić information content (AvgIpc) is 3.53. The summed E-state index contributed by atoms with van der Waals surface area (Å²) in [6, 6.07) is 18.7. The first-order chi connectivity index (χ1) is 15.8. The van der Waals surface area contributed by atoms with Crippen LogP contribution in [0.25, 0.3) is 16.9 Å². The summed E-state index contributed by atoms with van der Waals surface area (Å²) in [7, 11) is 0. The van der Waals surface area contributed by atoms with Crippen molar-refractivity contribution < 1.29 is 4.74 Å². The molecule has 0 spiro atoms. The number of hydrogen-bond acceptors (Lipinski definition) is 6. The maximum atomic E-state index is 5.59. The fourth-order valence-electron chi connectivity index (χ4n) is 4.49. The molecule has 1 atom stereocenters. The smallest absolute Gasteiger partial charge is 0.158 e. The monoisotopic (exact) mass is 424 g/mol. The minimum absolute atomic E-state index is 0.272. The molecule has 0 radical (unpaired) electrons. The Morgan fingerprint density at radius 1 is 0.906 bits per heavy atom. The summed E-state index contributed by atoms with van der Waals surface area (Å²) in [5.41, 5.74) is 6.25. The zero-order chi connectivity index (χ0) is 21.3. The summed E-state index contributed by atoms with van der Waals surface area (Å²) >= 11 is 0. The molecule has 6 rings (SSSR count). The Morgan fingerprint density at radius 3 is 2.53 bits per heavy atom. The highest BCUT2D eigenvalue weighted by Crippen LogP contribution is 2.31. The van der Waals surface area contributed by atoms with Crippen molar-refractivity contribution in [3.63, 3.8) is 0 Å². The summed E-state index contributed by atoms with van der Waals surface area (Å²) in [6.07, 6.45) is 4.49. The molecular formula is C25H24N6O. The molecule has 1 unspecified atom stereocenters. The van der Waals surface area contributed by atoms with Crippen LogP contribution >= 0.6 is 0 Å². The van der Waals surface area contributed by atoms with Gasteiger partial charge in [-0.15, -0.1) is 0 Å². The largest absolute Gasteiger partial charge is 0.378 e. The number of rotatable bonds is 4. The minimum atomic E-state index is 0.272. The van der Waals surface area contributed by atoms with Crippen LogP contribution in [0.5, 0.6) is 0 Å². The fraction of sp³-hybridized carbons (Fsp3) is 0.280. The van der Waals surface area contributed by atoms with Crippen LogP contribution in [0.2, 0.25) is 0 Å². The van der Waals surface area contributed by atoms with E-state index in [1.165, 1.54) is 5.56 Å². The van der Waals surface area contributed by atoms with Crippen molar-refractivity contribution >= 4 is 17.2 Å². The van der Waals surface area contributed by atoms with E-state index < -0.39 is 0 Å². The summed E-state index contributed by atoms with van der Waals surface area (Å²) in [4.78, 5) is 16.4. The van der Waals surface area contributed by atoms with Gasteiger partial charge >= 0.3 is 0 Å². The molecule has 0 N–H and O–H groups in total. The predicted octanol–water partition coefficient (Wildman–Crippen LogP) is 3.60. The molecule has 2 aliphatic heterocycles. The van der Waals surface area contributed by atoms with Gasteiger partial charge in [-0.1, -0.05) is 30.3 Å². The van der Waals surface area contributed by atoms with E-state index in [4.69, 9.17) is 19.8 Å². The van der Waals surface area contributed by atoms with Crippen LogP contribution in [0.3, 0.4) is 0 Å². The molecule has 7 heteroatoms. The van der Waals surface area contributed by atoms with Crippen LogP contribution in [-0.2, 0) is 4.74 Å². The van der Waals surface area contributed by atoms with Gasteiger partial charge in [-0.2, -0.15) is 9.61 Å². The van der Waals surface area contributed by atoms with E-state index in [2.05, 4.69) is 46.3 Å². The molecule has 1 fully saturated rings. The summed E-state index contributed by atoms with van der Waals surface area (Å²) in [5.74, 6) is 1.34. The maximum absolute atomic E-state index is 5.59. The number of morpholine rings is 1. The van der Waals surface area contributed by atoms with E-state index in [9.17, 15) is 0 Å². The van der Waals surface area contributed by atoms with E-state index in [0.29, 0.717) is 0 Å². The van der Waals surface area contributed by atoms with Crippen LogP contribution in [0.15, 0.2) is 72.0 Å². The molecule has 1 saturated heterocycles. The third kappa shape index (κ3) is 3.54. The second-order valence-corrected chi connectivity index (χ2v) is 8.23. The van der Waals surface area contributed by atoms with E-state index in [-0.39, 0.29) is 5.92 Å². The minimum Gasteiger partial charge on any atom is -0.378 e. The number of benzene rings is 1. The van der Waals surface area contributed by atoms with Gasteiger partial charge in [-0.3, -0.25) is 9.98 Å². The van der Waals surface area contributed by atoms with Gasteiger partial charge in [-0.05, 0) is 24.1 Å². The van der Waals surface area contributed by atoms with E-state index in [0.717, 1.165) is 73.4 Å². The molecular weight excluding hydrogens is 400 g/mol. The van der Waals surface area contributed by atoms with Gasteiger partial charge in [0.25, 0.3) is 0 Å². The van der Waals surface area contributed by atoms with Crippen molar-refractivity contribution in [2.75, 3.05) is 37.7 Å². The molecule has 0 saturated carbocycles. The standard InChI is InChI=1S/C25H24N6O/c1-2-4-18(5-3-1)21-14-20(17-27-21)22-16-25(30-10-12-32-13-11-30)31-24(28-22)15-23(29-31)19-6-8-26-9-7-19/h1-9,15-16,20H,10-14,17H2. The molecule has 5 heterocycles. The molecule has 0 aliphatic carbocycles. The van der Waals surface area contributed by atoms with Crippen LogP contribution < -0.4 is 4.90 Å². The van der Waals surface area contributed by atoms with Crippen LogP contribution in [-0.4, -0.2) is 58.1 Å². The first-order valence-corrected chi connectivity index (χ1v) is 11.1. The first-order valence-electron chi connectivity index (χ1n) is 11.1. The van der Waals surface area contributed by atoms with Crippen molar-refractivity contribution in [1.82, 2.24) is 19.6 Å². The Bertz CT molecular complexity index is 1260. The molecule has 3 aromatic heterocycles. The SMILES string of the molecule is c1ccc(C2=NCC(c3cc(N4CCOCC4)n4nc(-c5ccncc5)cc4n3)C2)cc1. The zero-order valence-corrected chi connectivity index (χ0v) is 17.8. The molecule has 4 aromatic rings. The quantitative estimate of drug-likeness (QED) is 0.501. The molecule has 0 amide bonds. The maximum Gasteiger partial charge on any atom is 0.158 e. The Kier molecular flexibility index (Phi) is 4.88. The van der Waals surface area contributed by atoms with Crippen molar-refractivity contribution in [3.05, 3.63) is 78.2 Å². The highest BCUT2D eigenvalue weighted by Gasteiger charge is 2.26. The second kappa shape index (κ2) is 8.16. The summed E-state index contributed by atoms with van der Waals surface area (Å²) in [5, 5.41) is 4.90. The topological polar surface area (TPSA) is 67.9 Å². The van der Waals surface area contributed by atoms with E-state index >= 15 is 0 Å². The zero-order valence-electron chi connectivity index (χ0n) is 17.8. The lowest BCUT2D eigenvalue weighted by Gasteiger charge is -2.29. The lowest BCUT2D eigenvalue weighted by molar-refractivity contribution is 0.122. The van der Waals surface area contributed by atoms with E-state index in [1.54, 1.807) is 12.4 Å². The normalized spacial score (nSPS) is 18.8. The molecule has 32 heavy (non-hydrogen) atoms. The average molecular weight is 425 g/mol. The number of aromatic nitrogens is 4. The highest BCUT2D eigenvalue weighted by molar-refractivity contribution is 6.02. The van der Waals surface area contributed by atoms with Crippen molar-refractivity contribution in [3.8, 4) is 11.3 Å². The molecule has 2 aliphatic rings. The van der Waals surface area contributed by atoms with Crippen molar-refractivity contribution in [1.29, 1.82) is 0 Å². The Morgan fingerprint density at radius 2 is 1.72 bits per heavy atom. The second-order valence-electron chi connectivity index (χ2n) is 8.23. The Labute approximate surface area is 186 Å². The van der Waals surface area contributed by atoms with Gasteiger partial charge in [0.1, 0.15) is 5.82 Å². The molecule has 0 bridgehead atoms. The number of anilines is 1. The van der Waals surface area contributed by atoms with Gasteiger partial charge in [0.15, 0.2) is 5.65 Å². The lowest BCUT2D eigenvalue weighted by Crippen LogP contribution is -2.37. The van der Waals surface area contributed by atoms with Gasteiger partial charge in [-0.25, -0.2) is 4.98 Å². The molecule has 7 nitrogen and oxygen atoms in total. The first kappa shape index (κ1) is 19.1. The molecule has 160 valence electrons. The van der Waals surface area contributed by atoms with Crippen molar-refractivity contribution in [2.45, 2.75) is 12.3 Å². The van der Waals surface area contributed by atoms with Crippen LogP contribution in [0.4, 0.5) is 5.82 Å². The number of pyridine rings is 1. The Hall–Kier alpha value is -3.58. The number of fused-ring (bicyclic) bond motifs is 1. The van der Waals surface area contributed by atoms with Crippen LogP contribution in [0.1, 0.15) is 23.6 Å². The molecule has 1 aromatic carbocycles. The van der Waals surface area contributed by atoms with Gasteiger partial charge in [0.05, 0.1) is 24.6 Å². The fourth-order valence-corrected chi connectivity index (χ4v) is 4.49. The van der Waals surface area contributed by atoms with Gasteiger partial charge in [0.2, 0.25) is 0 Å². The van der Waals surface area contributed by atoms with Gasteiger partial charge < -0.3 is 9.64 Å².